The van der Waals surface area contributed by atoms with Gasteiger partial charge in [-0.1, -0.05) is 17.7 Å². The lowest BCUT2D eigenvalue weighted by molar-refractivity contribution is -0.114. The van der Waals surface area contributed by atoms with Crippen LogP contribution in [0.4, 0.5) is 11.4 Å². The second kappa shape index (κ2) is 13.5. The van der Waals surface area contributed by atoms with Crippen LogP contribution in [-0.2, 0) is 20.8 Å². The maximum Gasteiger partial charge on any atom is 0.338 e. The van der Waals surface area contributed by atoms with Crippen LogP contribution in [0.5, 0.6) is 5.75 Å². The van der Waals surface area contributed by atoms with Crippen molar-refractivity contribution in [2.75, 3.05) is 24.3 Å². The summed E-state index contributed by atoms with van der Waals surface area (Å²) < 4.78 is 11.9. The number of aromatic hydroxyl groups is 1. The summed E-state index contributed by atoms with van der Waals surface area (Å²) in [6.07, 6.45) is 0. The number of esters is 2. The second-order valence-corrected chi connectivity index (χ2v) is 9.06. The van der Waals surface area contributed by atoms with Crippen LogP contribution in [0.2, 0.25) is 5.02 Å². The number of hydrogen-bond acceptors (Lipinski definition) is 8. The molecular formula is C29H31ClN4O6. The highest BCUT2D eigenvalue weighted by atomic mass is 35.5. The summed E-state index contributed by atoms with van der Waals surface area (Å²) in [5, 5.41) is 12.5. The molecule has 10 nitrogen and oxygen atoms in total. The molecule has 0 aliphatic rings. The van der Waals surface area contributed by atoms with Gasteiger partial charge in [-0.05, 0) is 74.9 Å². The number of nitrogen functional groups attached to an aromatic ring is 1. The molecule has 4 rings (SSSR count). The maximum absolute atomic E-state index is 12.0. The Morgan fingerprint density at radius 2 is 1.60 bits per heavy atom. The summed E-state index contributed by atoms with van der Waals surface area (Å²) in [6, 6.07) is 14.8. The van der Waals surface area contributed by atoms with Crippen LogP contribution in [0.25, 0.3) is 11.0 Å². The summed E-state index contributed by atoms with van der Waals surface area (Å²) in [5.41, 5.74) is 9.86. The van der Waals surface area contributed by atoms with Crippen molar-refractivity contribution in [2.45, 2.75) is 34.2 Å². The zero-order chi connectivity index (χ0) is 29.4. The Balaban J connectivity index is 0.000000241. The number of nitrogens with zero attached hydrogens (tertiary/aromatic N) is 2. The minimum Gasteiger partial charge on any atom is -0.508 e. The fourth-order valence-electron chi connectivity index (χ4n) is 3.83. The zero-order valence-corrected chi connectivity index (χ0v) is 23.4. The van der Waals surface area contributed by atoms with E-state index in [9.17, 15) is 19.5 Å². The van der Waals surface area contributed by atoms with Crippen molar-refractivity contribution in [3.8, 4) is 5.75 Å². The molecule has 11 heteroatoms. The first-order valence-corrected chi connectivity index (χ1v) is 12.9. The van der Waals surface area contributed by atoms with Crippen LogP contribution < -0.4 is 11.1 Å². The number of carbonyl (C=O) groups is 3. The van der Waals surface area contributed by atoms with Crippen molar-refractivity contribution < 1.29 is 29.0 Å². The van der Waals surface area contributed by atoms with E-state index in [0.717, 1.165) is 22.4 Å². The number of nitrogens with two attached hydrogens (primary N) is 1. The second-order valence-electron chi connectivity index (χ2n) is 8.65. The van der Waals surface area contributed by atoms with Crippen molar-refractivity contribution in [2.24, 2.45) is 0 Å². The number of imidazole rings is 1. The van der Waals surface area contributed by atoms with E-state index in [1.54, 1.807) is 50.2 Å². The van der Waals surface area contributed by atoms with E-state index in [-0.39, 0.29) is 17.6 Å². The Labute approximate surface area is 236 Å². The lowest BCUT2D eigenvalue weighted by atomic mass is 10.1. The van der Waals surface area contributed by atoms with Crippen LogP contribution in [-0.4, -0.2) is 45.7 Å². The number of benzene rings is 3. The van der Waals surface area contributed by atoms with Gasteiger partial charge >= 0.3 is 11.9 Å². The number of fused-ring (bicyclic) bond motifs is 1. The van der Waals surface area contributed by atoms with Gasteiger partial charge in [0.15, 0.2) is 0 Å². The van der Waals surface area contributed by atoms with E-state index >= 15 is 0 Å². The number of hydrogen-bond donors (Lipinski definition) is 3. The van der Waals surface area contributed by atoms with E-state index in [4.69, 9.17) is 26.8 Å². The third-order valence-electron chi connectivity index (χ3n) is 5.69. The molecule has 0 saturated carbocycles. The fraction of sp³-hybridized carbons (Fsp3) is 0.241. The molecule has 0 spiro atoms. The number of ether oxygens (including phenoxy) is 2. The van der Waals surface area contributed by atoms with Gasteiger partial charge < -0.3 is 30.2 Å². The molecule has 1 heterocycles. The van der Waals surface area contributed by atoms with Gasteiger partial charge in [-0.3, -0.25) is 4.79 Å². The molecule has 0 radical (unpaired) electrons. The van der Waals surface area contributed by atoms with Crippen molar-refractivity contribution in [3.05, 3.63) is 82.1 Å². The number of phenols is 1. The van der Waals surface area contributed by atoms with Gasteiger partial charge in [0, 0.05) is 11.9 Å². The van der Waals surface area contributed by atoms with Gasteiger partial charge in [-0.15, -0.1) is 0 Å². The van der Waals surface area contributed by atoms with Crippen molar-refractivity contribution in [3.63, 3.8) is 0 Å². The van der Waals surface area contributed by atoms with E-state index < -0.39 is 5.97 Å². The summed E-state index contributed by atoms with van der Waals surface area (Å²) >= 11 is 6.21. The first-order chi connectivity index (χ1) is 19.0. The lowest BCUT2D eigenvalue weighted by Crippen LogP contribution is -2.10. The van der Waals surface area contributed by atoms with Gasteiger partial charge in [0.2, 0.25) is 5.91 Å². The normalized spacial score (nSPS) is 10.4. The van der Waals surface area contributed by atoms with Crippen molar-refractivity contribution >= 4 is 51.9 Å². The van der Waals surface area contributed by atoms with E-state index in [2.05, 4.69) is 10.3 Å². The topological polar surface area (TPSA) is 146 Å². The molecule has 0 atom stereocenters. The lowest BCUT2D eigenvalue weighted by Gasteiger charge is -2.10. The Morgan fingerprint density at radius 1 is 0.975 bits per heavy atom. The van der Waals surface area contributed by atoms with Gasteiger partial charge in [0.25, 0.3) is 0 Å². The third kappa shape index (κ3) is 7.51. The molecular weight excluding hydrogens is 536 g/mol. The molecule has 1 amide bonds. The maximum atomic E-state index is 12.0. The van der Waals surface area contributed by atoms with Gasteiger partial charge in [-0.25, -0.2) is 14.6 Å². The minimum atomic E-state index is -0.427. The molecule has 0 fully saturated rings. The highest BCUT2D eigenvalue weighted by Crippen LogP contribution is 2.25. The Bertz CT molecular complexity index is 1550. The standard InChI is InChI=1S/C18H17ClN2O3.C11H14N2O3/c1-3-24-18(23)12-5-7-16-17(8-12)21(11(2)20-16)10-13-4-6-14(22)9-15(13)19;1-3-16-11(15)8-4-5-10(9(12)6-8)13-7(2)14/h4-9,22H,3,10H2,1-2H3;4-6H,3,12H2,1-2H3,(H,13,14). The molecule has 0 unspecified atom stereocenters. The van der Waals surface area contributed by atoms with Crippen LogP contribution in [0, 0.1) is 6.92 Å². The molecule has 0 bridgehead atoms. The molecule has 40 heavy (non-hydrogen) atoms. The zero-order valence-electron chi connectivity index (χ0n) is 22.7. The average molecular weight is 567 g/mol. The first-order valence-electron chi connectivity index (χ1n) is 12.5. The molecule has 4 aromatic rings. The minimum absolute atomic E-state index is 0.126. The molecule has 4 N–H and O–H groups in total. The SMILES string of the molecule is CCOC(=O)c1ccc(NC(C)=O)c(N)c1.CCOC(=O)c1ccc2nc(C)n(Cc3ccc(O)cc3Cl)c2c1. The van der Waals surface area contributed by atoms with Gasteiger partial charge in [-0.2, -0.15) is 0 Å². The van der Waals surface area contributed by atoms with Crippen molar-refractivity contribution in [1.82, 2.24) is 9.55 Å². The number of rotatable bonds is 7. The molecule has 0 saturated heterocycles. The Hall–Kier alpha value is -4.57. The van der Waals surface area contributed by atoms with Gasteiger partial charge in [0.1, 0.15) is 11.6 Å². The molecule has 210 valence electrons. The predicted octanol–water partition coefficient (Wildman–Crippen LogP) is 5.33. The summed E-state index contributed by atoms with van der Waals surface area (Å²) in [4.78, 5) is 38.7. The third-order valence-corrected chi connectivity index (χ3v) is 6.04. The smallest absolute Gasteiger partial charge is 0.338 e. The first kappa shape index (κ1) is 30.0. The van der Waals surface area contributed by atoms with Crippen molar-refractivity contribution in [1.29, 1.82) is 0 Å². The number of carbonyl (C=O) groups excluding carboxylic acids is 3. The van der Waals surface area contributed by atoms with Gasteiger partial charge in [0.05, 0.1) is 53.3 Å². The van der Waals surface area contributed by atoms with Crippen LogP contribution >= 0.6 is 11.6 Å². The number of phenolic OH excluding ortho intramolecular Hbond substituents is 1. The highest BCUT2D eigenvalue weighted by molar-refractivity contribution is 6.31. The Morgan fingerprint density at radius 3 is 2.17 bits per heavy atom. The predicted molar refractivity (Wildman–Crippen MR) is 154 cm³/mol. The number of amides is 1. The number of aromatic nitrogens is 2. The number of halogens is 1. The monoisotopic (exact) mass is 566 g/mol. The van der Waals surface area contributed by atoms with Crippen LogP contribution in [0.1, 0.15) is 52.9 Å². The quantitative estimate of drug-likeness (QED) is 0.201. The van der Waals surface area contributed by atoms with E-state index in [0.29, 0.717) is 47.3 Å². The van der Waals surface area contributed by atoms with E-state index in [1.807, 2.05) is 17.6 Å². The van der Waals surface area contributed by atoms with Crippen LogP contribution in [0.3, 0.4) is 0 Å². The Kier molecular flexibility index (Phi) is 10.1. The summed E-state index contributed by atoms with van der Waals surface area (Å²) in [5.74, 6) is -0.0534. The molecule has 3 aromatic carbocycles. The summed E-state index contributed by atoms with van der Waals surface area (Å²) in [6.45, 7) is 7.93. The number of aryl methyl sites for hydroxylation is 1. The summed E-state index contributed by atoms with van der Waals surface area (Å²) in [7, 11) is 0. The largest absolute Gasteiger partial charge is 0.508 e. The molecule has 0 aliphatic heterocycles. The number of anilines is 2. The molecule has 1 aromatic heterocycles. The van der Waals surface area contributed by atoms with Crippen LogP contribution in [0.15, 0.2) is 54.6 Å². The fourth-order valence-corrected chi connectivity index (χ4v) is 4.06. The molecule has 0 aliphatic carbocycles. The number of nitrogens with one attached hydrogen (secondary N) is 1. The highest BCUT2D eigenvalue weighted by Gasteiger charge is 2.14. The van der Waals surface area contributed by atoms with E-state index in [1.165, 1.54) is 19.1 Å². The average Bonchev–Trinajstić information content (AvgIpc) is 3.21.